The highest BCUT2D eigenvalue weighted by Gasteiger charge is 2.47. The Labute approximate surface area is 132 Å². The van der Waals surface area contributed by atoms with E-state index in [1.54, 1.807) is 0 Å². The van der Waals surface area contributed by atoms with E-state index in [1.807, 2.05) is 0 Å². The molecule has 0 saturated carbocycles. The van der Waals surface area contributed by atoms with E-state index >= 15 is 0 Å². The third-order valence-electron chi connectivity index (χ3n) is 5.41. The lowest BCUT2D eigenvalue weighted by molar-refractivity contribution is -0.0128. The van der Waals surface area contributed by atoms with Crippen molar-refractivity contribution in [2.45, 2.75) is 43.2 Å². The van der Waals surface area contributed by atoms with Crippen LogP contribution in [0.25, 0.3) is 0 Å². The van der Waals surface area contributed by atoms with Gasteiger partial charge in [-0.25, -0.2) is 0 Å². The summed E-state index contributed by atoms with van der Waals surface area (Å²) in [5.74, 6) is 0.297. The first-order valence-electron chi connectivity index (χ1n) is 8.39. The zero-order chi connectivity index (χ0) is 15.0. The van der Waals surface area contributed by atoms with E-state index in [9.17, 15) is 5.11 Å². The lowest BCUT2D eigenvalue weighted by Gasteiger charge is -2.37. The Bertz CT molecular complexity index is 648. The molecule has 114 valence electrons. The molecular formula is C20H23NO. The van der Waals surface area contributed by atoms with E-state index in [-0.39, 0.29) is 6.04 Å². The van der Waals surface area contributed by atoms with Crippen molar-refractivity contribution in [3.63, 3.8) is 0 Å². The number of piperidine rings is 1. The molecule has 0 radical (unpaired) electrons. The zero-order valence-corrected chi connectivity index (χ0v) is 12.8. The predicted octanol–water partition coefficient (Wildman–Crippen LogP) is 3.55. The number of benzene rings is 2. The van der Waals surface area contributed by atoms with E-state index in [1.165, 1.54) is 24.0 Å². The molecule has 2 aliphatic rings. The van der Waals surface area contributed by atoms with Gasteiger partial charge in [0.05, 0.1) is 0 Å². The van der Waals surface area contributed by atoms with Crippen molar-refractivity contribution in [1.29, 1.82) is 0 Å². The number of nitrogens with one attached hydrogen (secondary N) is 1. The average Bonchev–Trinajstić information content (AvgIpc) is 2.91. The summed E-state index contributed by atoms with van der Waals surface area (Å²) in [7, 11) is 0. The number of hydrogen-bond acceptors (Lipinski definition) is 2. The van der Waals surface area contributed by atoms with E-state index in [4.69, 9.17) is 0 Å². The van der Waals surface area contributed by atoms with Crippen LogP contribution in [0.4, 0.5) is 0 Å². The third kappa shape index (κ3) is 2.18. The molecule has 0 amide bonds. The van der Waals surface area contributed by atoms with Crippen LogP contribution >= 0.6 is 0 Å². The maximum Gasteiger partial charge on any atom is 0.106 e. The first-order chi connectivity index (χ1) is 10.8. The van der Waals surface area contributed by atoms with Crippen molar-refractivity contribution in [1.82, 2.24) is 5.32 Å². The predicted molar refractivity (Wildman–Crippen MR) is 88.9 cm³/mol. The zero-order valence-electron chi connectivity index (χ0n) is 12.8. The molecule has 1 aliphatic carbocycles. The molecule has 0 bridgehead atoms. The van der Waals surface area contributed by atoms with Gasteiger partial charge >= 0.3 is 0 Å². The Kier molecular flexibility index (Phi) is 3.51. The van der Waals surface area contributed by atoms with Crippen LogP contribution in [0.1, 0.15) is 48.3 Å². The van der Waals surface area contributed by atoms with Crippen molar-refractivity contribution in [3.05, 3.63) is 71.3 Å². The van der Waals surface area contributed by atoms with Gasteiger partial charge in [-0.15, -0.1) is 0 Å². The highest BCUT2D eigenvalue weighted by molar-refractivity contribution is 5.47. The Balaban J connectivity index is 1.76. The van der Waals surface area contributed by atoms with Crippen molar-refractivity contribution in [3.8, 4) is 0 Å². The SMILES string of the molecule is O[C@@]1([C@@H]2CCCCN2)C[C@H](c2ccccc2)c2ccccc21. The van der Waals surface area contributed by atoms with Crippen molar-refractivity contribution < 1.29 is 5.11 Å². The average molecular weight is 293 g/mol. The van der Waals surface area contributed by atoms with Crippen LogP contribution in [0.5, 0.6) is 0 Å². The van der Waals surface area contributed by atoms with E-state index < -0.39 is 5.60 Å². The van der Waals surface area contributed by atoms with Gasteiger partial charge in [-0.05, 0) is 42.5 Å². The summed E-state index contributed by atoms with van der Waals surface area (Å²) in [6, 6.07) is 19.2. The minimum absolute atomic E-state index is 0.177. The van der Waals surface area contributed by atoms with Crippen molar-refractivity contribution in [2.24, 2.45) is 0 Å². The van der Waals surface area contributed by atoms with Crippen LogP contribution < -0.4 is 5.32 Å². The van der Waals surface area contributed by atoms with Crippen LogP contribution in [-0.2, 0) is 5.60 Å². The Morgan fingerprint density at radius 1 is 0.955 bits per heavy atom. The minimum atomic E-state index is -0.739. The molecule has 0 spiro atoms. The Hall–Kier alpha value is -1.64. The van der Waals surface area contributed by atoms with Crippen molar-refractivity contribution >= 4 is 0 Å². The molecule has 22 heavy (non-hydrogen) atoms. The molecule has 2 nitrogen and oxygen atoms in total. The van der Waals surface area contributed by atoms with E-state index in [0.717, 1.165) is 24.9 Å². The normalized spacial score (nSPS) is 31.0. The second-order valence-corrected chi connectivity index (χ2v) is 6.68. The summed E-state index contributed by atoms with van der Waals surface area (Å²) < 4.78 is 0. The molecule has 0 aromatic heterocycles. The Morgan fingerprint density at radius 3 is 2.50 bits per heavy atom. The molecule has 1 heterocycles. The molecule has 0 unspecified atom stereocenters. The number of aliphatic hydroxyl groups is 1. The fourth-order valence-electron chi connectivity index (χ4n) is 4.30. The van der Waals surface area contributed by atoms with Gasteiger partial charge in [0.15, 0.2) is 0 Å². The topological polar surface area (TPSA) is 32.3 Å². The van der Waals surface area contributed by atoms with Gasteiger partial charge in [0, 0.05) is 12.0 Å². The van der Waals surface area contributed by atoms with Crippen LogP contribution in [0.3, 0.4) is 0 Å². The molecule has 1 aliphatic heterocycles. The van der Waals surface area contributed by atoms with Crippen LogP contribution in [-0.4, -0.2) is 17.7 Å². The molecule has 3 atom stereocenters. The van der Waals surface area contributed by atoms with Gasteiger partial charge in [0.25, 0.3) is 0 Å². The summed E-state index contributed by atoms with van der Waals surface area (Å²) in [6.07, 6.45) is 4.27. The maximum atomic E-state index is 11.5. The summed E-state index contributed by atoms with van der Waals surface area (Å²) in [5, 5.41) is 15.1. The molecule has 2 aromatic carbocycles. The first-order valence-corrected chi connectivity index (χ1v) is 8.39. The standard InChI is InChI=1S/C20H23NO/c22-20(19-12-6-7-13-21-19)14-17(15-8-2-1-3-9-15)16-10-4-5-11-18(16)20/h1-5,8-11,17,19,21-22H,6-7,12-14H2/t17-,19+,20+/m1/s1. The lowest BCUT2D eigenvalue weighted by Crippen LogP contribution is -2.49. The lowest BCUT2D eigenvalue weighted by atomic mass is 9.82. The second kappa shape index (κ2) is 5.53. The quantitative estimate of drug-likeness (QED) is 0.887. The van der Waals surface area contributed by atoms with Gasteiger partial charge in [0.2, 0.25) is 0 Å². The molecule has 2 N–H and O–H groups in total. The maximum absolute atomic E-state index is 11.5. The number of rotatable bonds is 2. The summed E-state index contributed by atoms with van der Waals surface area (Å²) >= 11 is 0. The van der Waals surface area contributed by atoms with Crippen LogP contribution in [0.2, 0.25) is 0 Å². The highest BCUT2D eigenvalue weighted by Crippen LogP contribution is 2.50. The van der Waals surface area contributed by atoms with E-state index in [0.29, 0.717) is 5.92 Å². The second-order valence-electron chi connectivity index (χ2n) is 6.68. The molecular weight excluding hydrogens is 270 g/mol. The number of fused-ring (bicyclic) bond motifs is 1. The summed E-state index contributed by atoms with van der Waals surface area (Å²) in [4.78, 5) is 0. The Morgan fingerprint density at radius 2 is 1.73 bits per heavy atom. The smallest absolute Gasteiger partial charge is 0.106 e. The molecule has 2 heteroatoms. The van der Waals surface area contributed by atoms with Crippen LogP contribution in [0, 0.1) is 0 Å². The monoisotopic (exact) mass is 293 g/mol. The van der Waals surface area contributed by atoms with Gasteiger partial charge in [-0.1, -0.05) is 61.0 Å². The molecule has 1 fully saturated rings. The fraction of sp³-hybridized carbons (Fsp3) is 0.400. The van der Waals surface area contributed by atoms with Gasteiger partial charge in [-0.3, -0.25) is 0 Å². The van der Waals surface area contributed by atoms with Crippen LogP contribution in [0.15, 0.2) is 54.6 Å². The molecule has 2 aromatic rings. The number of hydrogen-bond donors (Lipinski definition) is 2. The van der Waals surface area contributed by atoms with Gasteiger partial charge in [0.1, 0.15) is 5.60 Å². The highest BCUT2D eigenvalue weighted by atomic mass is 16.3. The van der Waals surface area contributed by atoms with Gasteiger partial charge in [-0.2, -0.15) is 0 Å². The van der Waals surface area contributed by atoms with Gasteiger partial charge < -0.3 is 10.4 Å². The van der Waals surface area contributed by atoms with Crippen molar-refractivity contribution in [2.75, 3.05) is 6.54 Å². The summed E-state index contributed by atoms with van der Waals surface area (Å²) in [6.45, 7) is 1.02. The van der Waals surface area contributed by atoms with E-state index in [2.05, 4.69) is 59.9 Å². The minimum Gasteiger partial charge on any atom is -0.383 e. The molecule has 4 rings (SSSR count). The fourth-order valence-corrected chi connectivity index (χ4v) is 4.30. The first kappa shape index (κ1) is 14.0. The summed E-state index contributed by atoms with van der Waals surface area (Å²) in [5.41, 5.74) is 2.99. The molecule has 1 saturated heterocycles. The largest absolute Gasteiger partial charge is 0.383 e. The third-order valence-corrected chi connectivity index (χ3v) is 5.41.